The smallest absolute Gasteiger partial charge is 0.255 e. The Morgan fingerprint density at radius 3 is 2.82 bits per heavy atom. The maximum atomic E-state index is 12.3. The van der Waals surface area contributed by atoms with Crippen LogP contribution in [0.4, 0.5) is 0 Å². The van der Waals surface area contributed by atoms with Crippen molar-refractivity contribution < 1.29 is 4.79 Å². The van der Waals surface area contributed by atoms with Crippen LogP contribution in [0.25, 0.3) is 0 Å². The number of rotatable bonds is 2. The number of carbonyl (C=O) groups excluding carboxylic acids is 1. The van der Waals surface area contributed by atoms with E-state index >= 15 is 0 Å². The molecular formula is C13H18N2O2. The summed E-state index contributed by atoms with van der Waals surface area (Å²) in [7, 11) is 0. The number of nitrogens with zero attached hydrogens (tertiary/aromatic N) is 1. The highest BCUT2D eigenvalue weighted by Gasteiger charge is 2.33. The summed E-state index contributed by atoms with van der Waals surface area (Å²) in [4.78, 5) is 27.8. The Labute approximate surface area is 101 Å². The molecule has 1 fully saturated rings. The number of H-pyrrole nitrogens is 1. The number of amides is 1. The van der Waals surface area contributed by atoms with Gasteiger partial charge in [0.05, 0.1) is 5.56 Å². The summed E-state index contributed by atoms with van der Waals surface area (Å²) in [5.74, 6) is 0.0260. The maximum absolute atomic E-state index is 12.3. The predicted molar refractivity (Wildman–Crippen MR) is 66.0 cm³/mol. The van der Waals surface area contributed by atoms with Crippen molar-refractivity contribution in [2.24, 2.45) is 0 Å². The van der Waals surface area contributed by atoms with E-state index in [1.54, 1.807) is 6.07 Å². The third kappa shape index (κ3) is 2.25. The van der Waals surface area contributed by atoms with Crippen LogP contribution in [0.5, 0.6) is 0 Å². The van der Waals surface area contributed by atoms with Crippen molar-refractivity contribution >= 4 is 5.91 Å². The first-order chi connectivity index (χ1) is 8.13. The highest BCUT2D eigenvalue weighted by molar-refractivity contribution is 5.94. The molecule has 92 valence electrons. The summed E-state index contributed by atoms with van der Waals surface area (Å²) in [6, 6.07) is 3.62. The number of aromatic amines is 1. The molecule has 0 aliphatic carbocycles. The lowest BCUT2D eigenvalue weighted by atomic mass is 10.1. The summed E-state index contributed by atoms with van der Waals surface area (Å²) in [5.41, 5.74) is 0.389. The molecule has 1 aromatic rings. The van der Waals surface area contributed by atoms with E-state index in [0.29, 0.717) is 17.6 Å². The molecule has 0 aromatic carbocycles. The highest BCUT2D eigenvalue weighted by Crippen LogP contribution is 2.27. The number of hydrogen-bond donors (Lipinski definition) is 1. The molecule has 0 saturated carbocycles. The lowest BCUT2D eigenvalue weighted by Gasteiger charge is -2.27. The molecular weight excluding hydrogens is 216 g/mol. The Morgan fingerprint density at radius 2 is 2.24 bits per heavy atom. The van der Waals surface area contributed by atoms with Gasteiger partial charge in [-0.3, -0.25) is 9.59 Å². The van der Waals surface area contributed by atoms with Gasteiger partial charge >= 0.3 is 0 Å². The number of pyridine rings is 1. The van der Waals surface area contributed by atoms with Gasteiger partial charge < -0.3 is 9.88 Å². The largest absolute Gasteiger partial charge is 0.333 e. The Morgan fingerprint density at radius 1 is 1.47 bits per heavy atom. The molecule has 1 aromatic heterocycles. The van der Waals surface area contributed by atoms with E-state index in [0.717, 1.165) is 19.3 Å². The normalized spacial score (nSPS) is 24.0. The first-order valence-electron chi connectivity index (χ1n) is 6.15. The van der Waals surface area contributed by atoms with Gasteiger partial charge in [0.2, 0.25) is 5.56 Å². The van der Waals surface area contributed by atoms with Crippen LogP contribution < -0.4 is 5.56 Å². The number of nitrogens with one attached hydrogen (secondary N) is 1. The van der Waals surface area contributed by atoms with Crippen molar-refractivity contribution in [1.29, 1.82) is 0 Å². The van der Waals surface area contributed by atoms with E-state index < -0.39 is 0 Å². The highest BCUT2D eigenvalue weighted by atomic mass is 16.2. The molecule has 1 aliphatic heterocycles. The number of aromatic nitrogens is 1. The van der Waals surface area contributed by atoms with E-state index in [1.165, 1.54) is 12.3 Å². The van der Waals surface area contributed by atoms with Gasteiger partial charge in [-0.15, -0.1) is 0 Å². The molecule has 1 saturated heterocycles. The lowest BCUT2D eigenvalue weighted by molar-refractivity contribution is 0.0676. The first-order valence-corrected chi connectivity index (χ1v) is 6.15. The van der Waals surface area contributed by atoms with Crippen molar-refractivity contribution in [3.05, 3.63) is 34.2 Å². The Bertz CT molecular complexity index is 446. The molecule has 2 unspecified atom stereocenters. The van der Waals surface area contributed by atoms with Crippen LogP contribution in [0.1, 0.15) is 43.5 Å². The van der Waals surface area contributed by atoms with E-state index in [2.05, 4.69) is 18.8 Å². The van der Waals surface area contributed by atoms with Crippen LogP contribution in [0.2, 0.25) is 0 Å². The van der Waals surface area contributed by atoms with Gasteiger partial charge in [0.25, 0.3) is 5.91 Å². The monoisotopic (exact) mass is 234 g/mol. The van der Waals surface area contributed by atoms with Crippen LogP contribution in [-0.4, -0.2) is 27.9 Å². The zero-order valence-electron chi connectivity index (χ0n) is 10.3. The van der Waals surface area contributed by atoms with Crippen molar-refractivity contribution in [1.82, 2.24) is 9.88 Å². The van der Waals surface area contributed by atoms with Gasteiger partial charge in [-0.05, 0) is 32.3 Å². The summed E-state index contributed by atoms with van der Waals surface area (Å²) < 4.78 is 0. The average molecular weight is 234 g/mol. The van der Waals surface area contributed by atoms with Crippen molar-refractivity contribution in [3.63, 3.8) is 0 Å². The lowest BCUT2D eigenvalue weighted by Crippen LogP contribution is -2.39. The van der Waals surface area contributed by atoms with Gasteiger partial charge in [0, 0.05) is 24.3 Å². The van der Waals surface area contributed by atoms with Crippen molar-refractivity contribution in [2.75, 3.05) is 0 Å². The molecule has 17 heavy (non-hydrogen) atoms. The average Bonchev–Trinajstić information content (AvgIpc) is 2.70. The van der Waals surface area contributed by atoms with Gasteiger partial charge in [-0.25, -0.2) is 0 Å². The second-order valence-corrected chi connectivity index (χ2v) is 4.64. The summed E-state index contributed by atoms with van der Waals surface area (Å²) in [6.07, 6.45) is 4.63. The molecule has 0 spiro atoms. The molecule has 2 rings (SSSR count). The van der Waals surface area contributed by atoms with E-state index in [4.69, 9.17) is 0 Å². The van der Waals surface area contributed by atoms with Crippen molar-refractivity contribution in [3.8, 4) is 0 Å². The minimum absolute atomic E-state index is 0.0260. The third-order valence-electron chi connectivity index (χ3n) is 3.52. The topological polar surface area (TPSA) is 53.2 Å². The van der Waals surface area contributed by atoms with Crippen LogP contribution in [0.3, 0.4) is 0 Å². The Kier molecular flexibility index (Phi) is 3.31. The molecule has 2 heterocycles. The van der Waals surface area contributed by atoms with Gasteiger partial charge in [-0.2, -0.15) is 0 Å². The minimum Gasteiger partial charge on any atom is -0.333 e. The van der Waals surface area contributed by atoms with Crippen LogP contribution >= 0.6 is 0 Å². The second kappa shape index (κ2) is 4.73. The van der Waals surface area contributed by atoms with Gasteiger partial charge in [-0.1, -0.05) is 6.92 Å². The quantitative estimate of drug-likeness (QED) is 0.848. The maximum Gasteiger partial charge on any atom is 0.255 e. The molecule has 2 atom stereocenters. The standard InChI is InChI=1S/C13H18N2O2/c1-3-11-6-4-9(2)15(11)13(17)10-5-7-12(16)14-8-10/h5,7-9,11H,3-4,6H2,1-2H3,(H,14,16). The Balaban J connectivity index is 2.24. The molecule has 1 aliphatic rings. The number of carbonyl (C=O) groups is 1. The van der Waals surface area contributed by atoms with Crippen LogP contribution in [-0.2, 0) is 0 Å². The Hall–Kier alpha value is -1.58. The molecule has 0 radical (unpaired) electrons. The minimum atomic E-state index is -0.178. The molecule has 1 N–H and O–H groups in total. The number of likely N-dealkylation sites (tertiary alicyclic amines) is 1. The fraction of sp³-hybridized carbons (Fsp3) is 0.538. The SMILES string of the molecule is CCC1CCC(C)N1C(=O)c1ccc(=O)[nH]c1. The zero-order chi connectivity index (χ0) is 12.4. The van der Waals surface area contributed by atoms with Gasteiger partial charge in [0.15, 0.2) is 0 Å². The van der Waals surface area contributed by atoms with Gasteiger partial charge in [0.1, 0.15) is 0 Å². The summed E-state index contributed by atoms with van der Waals surface area (Å²) in [6.45, 7) is 4.19. The van der Waals surface area contributed by atoms with E-state index in [1.807, 2.05) is 4.90 Å². The van der Waals surface area contributed by atoms with Crippen LogP contribution in [0, 0.1) is 0 Å². The fourth-order valence-corrected chi connectivity index (χ4v) is 2.53. The molecule has 1 amide bonds. The van der Waals surface area contributed by atoms with E-state index in [-0.39, 0.29) is 11.5 Å². The van der Waals surface area contributed by atoms with Crippen molar-refractivity contribution in [2.45, 2.75) is 45.2 Å². The zero-order valence-corrected chi connectivity index (χ0v) is 10.3. The number of hydrogen-bond acceptors (Lipinski definition) is 2. The van der Waals surface area contributed by atoms with Crippen LogP contribution in [0.15, 0.2) is 23.1 Å². The molecule has 4 nitrogen and oxygen atoms in total. The molecule has 0 bridgehead atoms. The summed E-state index contributed by atoms with van der Waals surface area (Å²) >= 11 is 0. The molecule has 4 heteroatoms. The predicted octanol–water partition coefficient (Wildman–Crippen LogP) is 1.78. The third-order valence-corrected chi connectivity index (χ3v) is 3.52. The first kappa shape index (κ1) is 11.9. The second-order valence-electron chi connectivity index (χ2n) is 4.64. The van der Waals surface area contributed by atoms with E-state index in [9.17, 15) is 9.59 Å². The fourth-order valence-electron chi connectivity index (χ4n) is 2.53. The summed E-state index contributed by atoms with van der Waals surface area (Å²) in [5, 5.41) is 0.